The molecule has 1 atom stereocenters. The van der Waals surface area contributed by atoms with Crippen LogP contribution in [-0.2, 0) is 0 Å². The molecule has 0 radical (unpaired) electrons. The quantitative estimate of drug-likeness (QED) is 0.791. The Kier molecular flexibility index (Phi) is 3.38. The normalized spacial score (nSPS) is 20.0. The fourth-order valence-corrected chi connectivity index (χ4v) is 2.50. The van der Waals surface area contributed by atoms with E-state index in [1.165, 1.54) is 19.3 Å². The molecule has 1 aromatic heterocycles. The molecule has 2 nitrogen and oxygen atoms in total. The molecular formula is C14H23NO. The minimum absolute atomic E-state index is 0.333. The molecule has 1 fully saturated rings. The molecule has 1 N–H and O–H groups in total. The van der Waals surface area contributed by atoms with Gasteiger partial charge in [0.25, 0.3) is 0 Å². The van der Waals surface area contributed by atoms with Crippen LogP contribution >= 0.6 is 0 Å². The fraction of sp³-hybridized carbons (Fsp3) is 0.714. The second-order valence-electron chi connectivity index (χ2n) is 5.72. The Morgan fingerprint density at radius 1 is 1.38 bits per heavy atom. The maximum absolute atomic E-state index is 5.40. The van der Waals surface area contributed by atoms with Crippen LogP contribution in [0, 0.1) is 11.3 Å². The summed E-state index contributed by atoms with van der Waals surface area (Å²) in [6, 6.07) is 4.33. The molecule has 0 amide bonds. The highest BCUT2D eigenvalue weighted by atomic mass is 16.3. The van der Waals surface area contributed by atoms with Crippen LogP contribution in [0.15, 0.2) is 22.8 Å². The average molecular weight is 221 g/mol. The monoisotopic (exact) mass is 221 g/mol. The third-order valence-corrected chi connectivity index (χ3v) is 3.55. The van der Waals surface area contributed by atoms with Gasteiger partial charge < -0.3 is 9.73 Å². The number of nitrogens with one attached hydrogen (secondary N) is 1. The summed E-state index contributed by atoms with van der Waals surface area (Å²) in [4.78, 5) is 0. The van der Waals surface area contributed by atoms with Crippen LogP contribution in [0.1, 0.15) is 51.8 Å². The van der Waals surface area contributed by atoms with Crippen LogP contribution in [0.2, 0.25) is 0 Å². The lowest BCUT2D eigenvalue weighted by molar-refractivity contribution is 0.336. The van der Waals surface area contributed by atoms with E-state index in [-0.39, 0.29) is 0 Å². The van der Waals surface area contributed by atoms with Gasteiger partial charge in [0.15, 0.2) is 0 Å². The molecule has 1 unspecified atom stereocenters. The first-order valence-corrected chi connectivity index (χ1v) is 6.38. The van der Waals surface area contributed by atoms with E-state index in [0.29, 0.717) is 11.5 Å². The summed E-state index contributed by atoms with van der Waals surface area (Å²) in [5.74, 6) is 1.85. The van der Waals surface area contributed by atoms with Gasteiger partial charge in [0.1, 0.15) is 5.76 Å². The number of hydrogen-bond donors (Lipinski definition) is 1. The van der Waals surface area contributed by atoms with Gasteiger partial charge in [0, 0.05) is 6.54 Å². The van der Waals surface area contributed by atoms with Crippen molar-refractivity contribution in [2.45, 2.75) is 46.1 Å². The van der Waals surface area contributed by atoms with Crippen LogP contribution in [0.3, 0.4) is 0 Å². The van der Waals surface area contributed by atoms with E-state index in [4.69, 9.17) is 4.42 Å². The molecule has 90 valence electrons. The summed E-state index contributed by atoms with van der Waals surface area (Å²) in [6.45, 7) is 7.93. The van der Waals surface area contributed by atoms with Crippen LogP contribution in [-0.4, -0.2) is 6.54 Å². The summed E-state index contributed by atoms with van der Waals surface area (Å²) in [6.07, 6.45) is 5.88. The van der Waals surface area contributed by atoms with Crippen LogP contribution in [0.4, 0.5) is 0 Å². The van der Waals surface area contributed by atoms with Gasteiger partial charge in [-0.2, -0.15) is 0 Å². The molecule has 1 saturated carbocycles. The van der Waals surface area contributed by atoms with Gasteiger partial charge in [-0.1, -0.05) is 13.8 Å². The lowest BCUT2D eigenvalue weighted by Crippen LogP contribution is -2.27. The van der Waals surface area contributed by atoms with Crippen molar-refractivity contribution in [3.05, 3.63) is 24.2 Å². The second kappa shape index (κ2) is 4.62. The molecule has 1 aliphatic carbocycles. The number of rotatable bonds is 6. The van der Waals surface area contributed by atoms with E-state index in [1.807, 2.05) is 12.1 Å². The van der Waals surface area contributed by atoms with Crippen molar-refractivity contribution in [3.63, 3.8) is 0 Å². The van der Waals surface area contributed by atoms with Gasteiger partial charge >= 0.3 is 0 Å². The van der Waals surface area contributed by atoms with Crippen LogP contribution in [0.25, 0.3) is 0 Å². The van der Waals surface area contributed by atoms with E-state index in [2.05, 4.69) is 26.1 Å². The molecular weight excluding hydrogens is 198 g/mol. The molecule has 0 aliphatic heterocycles. The zero-order valence-corrected chi connectivity index (χ0v) is 10.6. The number of hydrogen-bond acceptors (Lipinski definition) is 2. The molecule has 2 heteroatoms. The lowest BCUT2D eigenvalue weighted by atomic mass is 9.94. The Morgan fingerprint density at radius 2 is 2.12 bits per heavy atom. The first-order chi connectivity index (χ1) is 7.61. The van der Waals surface area contributed by atoms with E-state index < -0.39 is 0 Å². The summed E-state index contributed by atoms with van der Waals surface area (Å²) >= 11 is 0. The lowest BCUT2D eigenvalue weighted by Gasteiger charge is -2.20. The van der Waals surface area contributed by atoms with Gasteiger partial charge in [-0.15, -0.1) is 0 Å². The molecule has 0 bridgehead atoms. The Bertz CT molecular complexity index is 311. The Balaban J connectivity index is 1.79. The highest BCUT2D eigenvalue weighted by molar-refractivity contribution is 5.04. The van der Waals surface area contributed by atoms with Crippen molar-refractivity contribution in [2.24, 2.45) is 11.3 Å². The largest absolute Gasteiger partial charge is 0.468 e. The van der Waals surface area contributed by atoms with E-state index in [1.54, 1.807) is 6.26 Å². The number of furan rings is 1. The minimum Gasteiger partial charge on any atom is -0.468 e. The van der Waals surface area contributed by atoms with Crippen molar-refractivity contribution >= 4 is 0 Å². The Morgan fingerprint density at radius 3 is 2.62 bits per heavy atom. The predicted molar refractivity (Wildman–Crippen MR) is 66.2 cm³/mol. The maximum Gasteiger partial charge on any atom is 0.120 e. The van der Waals surface area contributed by atoms with Crippen LogP contribution in [0.5, 0.6) is 0 Å². The molecule has 2 rings (SSSR count). The average Bonchev–Trinajstić information content (AvgIpc) is 2.80. The molecule has 16 heavy (non-hydrogen) atoms. The van der Waals surface area contributed by atoms with E-state index >= 15 is 0 Å². The van der Waals surface area contributed by atoms with Crippen molar-refractivity contribution in [3.8, 4) is 0 Å². The van der Waals surface area contributed by atoms with Gasteiger partial charge in [-0.3, -0.25) is 0 Å². The van der Waals surface area contributed by atoms with Gasteiger partial charge in [0.2, 0.25) is 0 Å². The van der Waals surface area contributed by atoms with E-state index in [0.717, 1.165) is 18.2 Å². The fourth-order valence-electron chi connectivity index (χ4n) is 2.50. The predicted octanol–water partition coefficient (Wildman–Crippen LogP) is 3.76. The van der Waals surface area contributed by atoms with Crippen molar-refractivity contribution in [2.75, 3.05) is 6.54 Å². The van der Waals surface area contributed by atoms with Crippen LogP contribution < -0.4 is 5.32 Å². The van der Waals surface area contributed by atoms with Crippen molar-refractivity contribution in [1.29, 1.82) is 0 Å². The molecule has 1 heterocycles. The minimum atomic E-state index is 0.333. The summed E-state index contributed by atoms with van der Waals surface area (Å²) < 4.78 is 5.40. The zero-order valence-electron chi connectivity index (χ0n) is 10.6. The topological polar surface area (TPSA) is 25.2 Å². The Labute approximate surface area is 98.4 Å². The second-order valence-corrected chi connectivity index (χ2v) is 5.72. The standard InChI is InChI=1S/C14H23NO/c1-11(2)9-14(6-7-14)10-15-12(3)13-5-4-8-16-13/h4-5,8,11-12,15H,6-7,9-10H2,1-3H3. The summed E-state index contributed by atoms with van der Waals surface area (Å²) in [5, 5.41) is 3.60. The Hall–Kier alpha value is -0.760. The van der Waals surface area contributed by atoms with Gasteiger partial charge in [0.05, 0.1) is 12.3 Å². The van der Waals surface area contributed by atoms with Crippen molar-refractivity contribution in [1.82, 2.24) is 5.32 Å². The van der Waals surface area contributed by atoms with Gasteiger partial charge in [-0.25, -0.2) is 0 Å². The van der Waals surface area contributed by atoms with Gasteiger partial charge in [-0.05, 0) is 49.7 Å². The molecule has 1 aliphatic rings. The molecule has 0 saturated heterocycles. The third-order valence-electron chi connectivity index (χ3n) is 3.55. The first-order valence-electron chi connectivity index (χ1n) is 6.38. The third kappa shape index (κ3) is 2.88. The maximum atomic E-state index is 5.40. The smallest absolute Gasteiger partial charge is 0.120 e. The molecule has 0 aromatic carbocycles. The summed E-state index contributed by atoms with van der Waals surface area (Å²) in [7, 11) is 0. The van der Waals surface area contributed by atoms with Crippen molar-refractivity contribution < 1.29 is 4.42 Å². The molecule has 0 spiro atoms. The molecule has 1 aromatic rings. The SMILES string of the molecule is CC(C)CC1(CNC(C)c2ccco2)CC1. The van der Waals surface area contributed by atoms with E-state index in [9.17, 15) is 0 Å². The summed E-state index contributed by atoms with van der Waals surface area (Å²) in [5.41, 5.74) is 0.592. The zero-order chi connectivity index (χ0) is 11.6. The highest BCUT2D eigenvalue weighted by Gasteiger charge is 2.42. The first kappa shape index (κ1) is 11.7. The highest BCUT2D eigenvalue weighted by Crippen LogP contribution is 2.50.